The first-order chi connectivity index (χ1) is 9.23. The molecule has 20 heavy (non-hydrogen) atoms. The van der Waals surface area contributed by atoms with Crippen LogP contribution in [0.1, 0.15) is 26.3 Å². The number of hydrogen-bond donors (Lipinski definition) is 0. The van der Waals surface area contributed by atoms with Gasteiger partial charge in [-0.2, -0.15) is 0 Å². The zero-order valence-electron chi connectivity index (χ0n) is 11.5. The Labute approximate surface area is 125 Å². The molecule has 0 bridgehead atoms. The van der Waals surface area contributed by atoms with Crippen LogP contribution in [0.15, 0.2) is 18.2 Å². The third kappa shape index (κ3) is 5.16. The lowest BCUT2D eigenvalue weighted by Crippen LogP contribution is -2.26. The molecule has 0 heterocycles. The summed E-state index contributed by atoms with van der Waals surface area (Å²) in [5, 5.41) is 11.6. The van der Waals surface area contributed by atoms with Crippen molar-refractivity contribution < 1.29 is 19.2 Å². The maximum Gasteiger partial charge on any atom is 0.514 e. The summed E-state index contributed by atoms with van der Waals surface area (Å²) in [4.78, 5) is 21.9. The van der Waals surface area contributed by atoms with Crippen molar-refractivity contribution in [2.24, 2.45) is 0 Å². The molecule has 0 saturated heterocycles. The van der Waals surface area contributed by atoms with Gasteiger partial charge in [0.05, 0.1) is 4.92 Å². The highest BCUT2D eigenvalue weighted by Gasteiger charge is 2.23. The first-order valence-electron chi connectivity index (χ1n) is 5.97. The molecule has 0 aliphatic heterocycles. The maximum atomic E-state index is 11.6. The van der Waals surface area contributed by atoms with Gasteiger partial charge < -0.3 is 9.47 Å². The number of nitro groups is 1. The molecule has 1 rings (SSSR count). The number of halogens is 1. The molecule has 0 radical (unpaired) electrons. The monoisotopic (exact) mass is 345 g/mol. The number of ether oxygens (including phenoxy) is 2. The fraction of sp³-hybridized carbons (Fsp3) is 0.462. The molecule has 0 N–H and O–H groups in total. The summed E-state index contributed by atoms with van der Waals surface area (Å²) in [6.07, 6.45) is -0.292. The molecule has 0 amide bonds. The van der Waals surface area contributed by atoms with Crippen LogP contribution in [0.3, 0.4) is 0 Å². The topological polar surface area (TPSA) is 78.7 Å². The molecule has 0 aliphatic rings. The fourth-order valence-corrected chi connectivity index (χ4v) is 1.87. The maximum absolute atomic E-state index is 11.6. The second-order valence-corrected chi connectivity index (χ2v) is 5.86. The molecule has 0 spiro atoms. The molecule has 6 nitrogen and oxygen atoms in total. The lowest BCUT2D eigenvalue weighted by molar-refractivity contribution is -0.385. The highest BCUT2D eigenvalue weighted by atomic mass is 79.9. The summed E-state index contributed by atoms with van der Waals surface area (Å²) in [6, 6.07) is 4.42. The van der Waals surface area contributed by atoms with Crippen LogP contribution in [0.25, 0.3) is 0 Å². The van der Waals surface area contributed by atoms with Crippen LogP contribution in [-0.2, 0) is 11.2 Å². The number of benzene rings is 1. The number of rotatable bonds is 4. The zero-order chi connectivity index (χ0) is 15.3. The molecule has 110 valence electrons. The van der Waals surface area contributed by atoms with E-state index in [-0.39, 0.29) is 11.4 Å². The van der Waals surface area contributed by atoms with Crippen molar-refractivity contribution >= 4 is 27.8 Å². The smallest absolute Gasteiger partial charge is 0.428 e. The van der Waals surface area contributed by atoms with Gasteiger partial charge in [0, 0.05) is 11.4 Å². The van der Waals surface area contributed by atoms with E-state index < -0.39 is 16.7 Å². The Balaban J connectivity index is 2.98. The minimum Gasteiger partial charge on any atom is -0.428 e. The van der Waals surface area contributed by atoms with E-state index in [2.05, 4.69) is 15.9 Å². The van der Waals surface area contributed by atoms with Gasteiger partial charge in [0.15, 0.2) is 0 Å². The Kier molecular flexibility index (Phi) is 5.50. The predicted molar refractivity (Wildman–Crippen MR) is 77.5 cm³/mol. The van der Waals surface area contributed by atoms with Crippen LogP contribution >= 0.6 is 15.9 Å². The van der Waals surface area contributed by atoms with Gasteiger partial charge in [0.2, 0.25) is 5.75 Å². The Morgan fingerprint density at radius 3 is 2.55 bits per heavy atom. The van der Waals surface area contributed by atoms with Crippen molar-refractivity contribution in [3.05, 3.63) is 33.9 Å². The molecular formula is C13H16BrNO5. The zero-order valence-corrected chi connectivity index (χ0v) is 13.1. The summed E-state index contributed by atoms with van der Waals surface area (Å²) in [5.74, 6) is -0.109. The van der Waals surface area contributed by atoms with E-state index in [9.17, 15) is 14.9 Å². The molecular weight excluding hydrogens is 330 g/mol. The molecule has 0 fully saturated rings. The first-order valence-corrected chi connectivity index (χ1v) is 7.09. The Bertz CT molecular complexity index is 510. The highest BCUT2D eigenvalue weighted by molar-refractivity contribution is 9.09. The quantitative estimate of drug-likeness (QED) is 0.272. The summed E-state index contributed by atoms with van der Waals surface area (Å²) < 4.78 is 9.93. The number of carbonyl (C=O) groups excluding carboxylic acids is 1. The third-order valence-electron chi connectivity index (χ3n) is 2.19. The summed E-state index contributed by atoms with van der Waals surface area (Å²) >= 11 is 3.28. The van der Waals surface area contributed by atoms with Gasteiger partial charge in [0.25, 0.3) is 0 Å². The second-order valence-electron chi connectivity index (χ2n) is 5.06. The van der Waals surface area contributed by atoms with Crippen LogP contribution in [0.4, 0.5) is 10.5 Å². The van der Waals surface area contributed by atoms with E-state index in [1.807, 2.05) is 0 Å². The van der Waals surface area contributed by atoms with Crippen LogP contribution < -0.4 is 4.74 Å². The summed E-state index contributed by atoms with van der Waals surface area (Å²) in [6.45, 7) is 5.05. The first kappa shape index (κ1) is 16.4. The van der Waals surface area contributed by atoms with Gasteiger partial charge >= 0.3 is 11.8 Å². The lowest BCUT2D eigenvalue weighted by atomic mass is 10.1. The van der Waals surface area contributed by atoms with E-state index in [0.717, 1.165) is 5.56 Å². The van der Waals surface area contributed by atoms with Gasteiger partial charge in [-0.1, -0.05) is 22.0 Å². The van der Waals surface area contributed by atoms with Crippen molar-refractivity contribution in [2.75, 3.05) is 5.33 Å². The molecule has 1 aromatic carbocycles. The molecule has 0 atom stereocenters. The normalized spacial score (nSPS) is 11.0. The molecule has 0 aliphatic carbocycles. The Morgan fingerprint density at radius 2 is 2.05 bits per heavy atom. The van der Waals surface area contributed by atoms with Gasteiger partial charge in [-0.25, -0.2) is 4.79 Å². The van der Waals surface area contributed by atoms with E-state index >= 15 is 0 Å². The van der Waals surface area contributed by atoms with Crippen LogP contribution in [0.5, 0.6) is 5.75 Å². The molecule has 0 aromatic heterocycles. The standard InChI is InChI=1S/C13H16BrNO5/c1-13(2,3)20-12(16)19-11-8-9(6-7-14)4-5-10(11)15(17)18/h4-5,8H,6-7H2,1-3H3. The number of hydrogen-bond acceptors (Lipinski definition) is 5. The van der Waals surface area contributed by atoms with E-state index in [4.69, 9.17) is 9.47 Å². The second kappa shape index (κ2) is 6.69. The third-order valence-corrected chi connectivity index (χ3v) is 2.58. The largest absolute Gasteiger partial charge is 0.514 e. The molecule has 0 saturated carbocycles. The van der Waals surface area contributed by atoms with Crippen molar-refractivity contribution in [1.29, 1.82) is 0 Å². The minimum absolute atomic E-state index is 0.109. The molecule has 7 heteroatoms. The van der Waals surface area contributed by atoms with E-state index in [1.54, 1.807) is 26.8 Å². The van der Waals surface area contributed by atoms with Crippen molar-refractivity contribution in [2.45, 2.75) is 32.8 Å². The lowest BCUT2D eigenvalue weighted by Gasteiger charge is -2.18. The SMILES string of the molecule is CC(C)(C)OC(=O)Oc1cc(CCBr)ccc1[N+](=O)[O-]. The number of alkyl halides is 1. The van der Waals surface area contributed by atoms with Crippen molar-refractivity contribution in [1.82, 2.24) is 0 Å². The van der Waals surface area contributed by atoms with Gasteiger partial charge in [0.1, 0.15) is 5.60 Å². The highest BCUT2D eigenvalue weighted by Crippen LogP contribution is 2.29. The predicted octanol–water partition coefficient (Wildman–Crippen LogP) is 3.85. The number of carbonyl (C=O) groups is 1. The van der Waals surface area contributed by atoms with E-state index in [1.165, 1.54) is 12.1 Å². The van der Waals surface area contributed by atoms with Crippen molar-refractivity contribution in [3.63, 3.8) is 0 Å². The Morgan fingerprint density at radius 1 is 1.40 bits per heavy atom. The van der Waals surface area contributed by atoms with Crippen LogP contribution in [0, 0.1) is 10.1 Å². The molecule has 0 unspecified atom stereocenters. The van der Waals surface area contributed by atoms with Crippen LogP contribution in [0.2, 0.25) is 0 Å². The van der Waals surface area contributed by atoms with E-state index in [0.29, 0.717) is 11.8 Å². The van der Waals surface area contributed by atoms with Crippen molar-refractivity contribution in [3.8, 4) is 5.75 Å². The minimum atomic E-state index is -0.961. The average Bonchev–Trinajstić information content (AvgIpc) is 2.26. The van der Waals surface area contributed by atoms with Gasteiger partial charge in [-0.15, -0.1) is 0 Å². The van der Waals surface area contributed by atoms with Crippen LogP contribution in [-0.4, -0.2) is 22.0 Å². The Hall–Kier alpha value is -1.63. The average molecular weight is 346 g/mol. The summed E-state index contributed by atoms with van der Waals surface area (Å²) in [5.41, 5.74) is -0.167. The number of nitrogens with zero attached hydrogens (tertiary/aromatic N) is 1. The number of nitro benzene ring substituents is 1. The van der Waals surface area contributed by atoms with Gasteiger partial charge in [-0.05, 0) is 38.8 Å². The summed E-state index contributed by atoms with van der Waals surface area (Å²) in [7, 11) is 0. The number of aryl methyl sites for hydroxylation is 1. The molecule has 1 aromatic rings. The fourth-order valence-electron chi connectivity index (χ4n) is 1.42. The van der Waals surface area contributed by atoms with Gasteiger partial charge in [-0.3, -0.25) is 10.1 Å².